The maximum Gasteiger partial charge on any atom is 0.119 e. The summed E-state index contributed by atoms with van der Waals surface area (Å²) in [6.45, 7) is 1.67. The van der Waals surface area contributed by atoms with Crippen LogP contribution in [0.2, 0.25) is 0 Å². The van der Waals surface area contributed by atoms with E-state index in [1.807, 2.05) is 24.3 Å². The van der Waals surface area contributed by atoms with E-state index in [-0.39, 0.29) is 0 Å². The normalized spacial score (nSPS) is 10.4. The molecule has 0 amide bonds. The zero-order valence-electron chi connectivity index (χ0n) is 5.63. The molecule has 0 atom stereocenters. The van der Waals surface area contributed by atoms with E-state index in [1.165, 1.54) is 0 Å². The minimum absolute atomic E-state index is 0.348. The van der Waals surface area contributed by atoms with E-state index in [2.05, 4.69) is 15.9 Å². The first-order chi connectivity index (χ1) is 4.70. The summed E-state index contributed by atoms with van der Waals surface area (Å²) < 4.78 is 0.985. The lowest BCUT2D eigenvalue weighted by Crippen LogP contribution is -1.90. The molecule has 2 heteroatoms. The molecule has 0 aromatic heterocycles. The highest BCUT2D eigenvalue weighted by Gasteiger charge is 1.99. The first-order valence-electron chi connectivity index (χ1n) is 2.98. The topological polar surface area (TPSA) is 20.2 Å². The van der Waals surface area contributed by atoms with E-state index < -0.39 is 0 Å². The van der Waals surface area contributed by atoms with E-state index in [1.54, 1.807) is 6.92 Å². The Bertz CT molecular complexity index is 220. The predicted molar refractivity (Wildman–Crippen MR) is 44.1 cm³/mol. The molecule has 1 rings (SSSR count). The molecule has 1 aromatic carbocycles. The minimum atomic E-state index is 0.348. The molecule has 0 fully saturated rings. The van der Waals surface area contributed by atoms with E-state index >= 15 is 0 Å². The maximum absolute atomic E-state index is 9.04. The molecule has 0 saturated heterocycles. The van der Waals surface area contributed by atoms with Gasteiger partial charge in [0.1, 0.15) is 6.10 Å². The summed E-state index contributed by atoms with van der Waals surface area (Å²) in [5.41, 5.74) is 0.856. The molecular weight excluding hydrogens is 192 g/mol. The highest BCUT2D eigenvalue weighted by atomic mass is 79.9. The summed E-state index contributed by atoms with van der Waals surface area (Å²) in [6.07, 6.45) is 0.348. The van der Waals surface area contributed by atoms with Crippen LogP contribution in [0.3, 0.4) is 0 Å². The SMILES string of the molecule is C[C](O)c1cccc(Br)c1. The Morgan fingerprint density at radius 2 is 2.20 bits per heavy atom. The van der Waals surface area contributed by atoms with E-state index in [9.17, 15) is 0 Å². The molecule has 1 nitrogen and oxygen atoms in total. The highest BCUT2D eigenvalue weighted by Crippen LogP contribution is 2.16. The molecule has 0 spiro atoms. The monoisotopic (exact) mass is 199 g/mol. The average Bonchev–Trinajstić information content (AvgIpc) is 1.88. The van der Waals surface area contributed by atoms with Crippen molar-refractivity contribution in [2.45, 2.75) is 6.92 Å². The van der Waals surface area contributed by atoms with E-state index in [0.29, 0.717) is 6.10 Å². The molecule has 1 aromatic rings. The molecule has 0 unspecified atom stereocenters. The summed E-state index contributed by atoms with van der Waals surface area (Å²) >= 11 is 3.31. The third kappa shape index (κ3) is 1.82. The van der Waals surface area contributed by atoms with Crippen LogP contribution < -0.4 is 0 Å². The lowest BCUT2D eigenvalue weighted by molar-refractivity contribution is 0.341. The number of rotatable bonds is 1. The van der Waals surface area contributed by atoms with Crippen LogP contribution in [-0.4, -0.2) is 5.11 Å². The predicted octanol–water partition coefficient (Wildman–Crippen LogP) is 2.72. The van der Waals surface area contributed by atoms with Gasteiger partial charge in [-0.15, -0.1) is 0 Å². The van der Waals surface area contributed by atoms with Crippen molar-refractivity contribution in [1.29, 1.82) is 0 Å². The van der Waals surface area contributed by atoms with Gasteiger partial charge in [0, 0.05) is 4.47 Å². The van der Waals surface area contributed by atoms with Gasteiger partial charge in [0.2, 0.25) is 0 Å². The zero-order valence-corrected chi connectivity index (χ0v) is 7.22. The molecule has 0 heterocycles. The molecule has 0 aliphatic heterocycles. The number of hydrogen-bond donors (Lipinski definition) is 1. The van der Waals surface area contributed by atoms with Crippen molar-refractivity contribution in [3.63, 3.8) is 0 Å². The Labute approximate surface area is 68.8 Å². The van der Waals surface area contributed by atoms with Gasteiger partial charge >= 0.3 is 0 Å². The average molecular weight is 200 g/mol. The fraction of sp³-hybridized carbons (Fsp3) is 0.125. The van der Waals surface area contributed by atoms with Crippen LogP contribution in [0.25, 0.3) is 0 Å². The molecule has 10 heavy (non-hydrogen) atoms. The largest absolute Gasteiger partial charge is 0.382 e. The van der Waals surface area contributed by atoms with Gasteiger partial charge in [-0.05, 0) is 24.6 Å². The maximum atomic E-state index is 9.04. The number of aliphatic hydroxyl groups is 1. The lowest BCUT2D eigenvalue weighted by atomic mass is 10.1. The number of halogens is 1. The summed E-state index contributed by atoms with van der Waals surface area (Å²) in [6, 6.07) is 7.54. The van der Waals surface area contributed by atoms with Crippen LogP contribution >= 0.6 is 15.9 Å². The first kappa shape index (κ1) is 7.76. The van der Waals surface area contributed by atoms with Crippen molar-refractivity contribution in [2.24, 2.45) is 0 Å². The van der Waals surface area contributed by atoms with Gasteiger partial charge in [0.05, 0.1) is 0 Å². The number of hydrogen-bond acceptors (Lipinski definition) is 1. The van der Waals surface area contributed by atoms with Crippen LogP contribution in [0.15, 0.2) is 28.7 Å². The van der Waals surface area contributed by atoms with Crippen molar-refractivity contribution in [3.05, 3.63) is 40.4 Å². The van der Waals surface area contributed by atoms with E-state index in [4.69, 9.17) is 5.11 Å². The molecule has 0 aliphatic carbocycles. The van der Waals surface area contributed by atoms with E-state index in [0.717, 1.165) is 10.0 Å². The Morgan fingerprint density at radius 3 is 2.60 bits per heavy atom. The molecule has 1 radical (unpaired) electrons. The van der Waals surface area contributed by atoms with Crippen molar-refractivity contribution in [3.8, 4) is 0 Å². The standard InChI is InChI=1S/C8H8BrO/c1-6(10)7-3-2-4-8(9)5-7/h2-5,10H,1H3. The summed E-state index contributed by atoms with van der Waals surface area (Å²) in [5, 5.41) is 9.04. The fourth-order valence-electron chi connectivity index (χ4n) is 0.714. The second-order valence-corrected chi connectivity index (χ2v) is 3.01. The van der Waals surface area contributed by atoms with Crippen molar-refractivity contribution < 1.29 is 5.11 Å². The van der Waals surface area contributed by atoms with Crippen molar-refractivity contribution >= 4 is 15.9 Å². The first-order valence-corrected chi connectivity index (χ1v) is 3.78. The highest BCUT2D eigenvalue weighted by molar-refractivity contribution is 9.10. The van der Waals surface area contributed by atoms with Crippen LogP contribution in [0.1, 0.15) is 12.5 Å². The van der Waals surface area contributed by atoms with Gasteiger partial charge in [0.15, 0.2) is 0 Å². The summed E-state index contributed by atoms with van der Waals surface area (Å²) in [5.74, 6) is 0. The Kier molecular flexibility index (Phi) is 2.46. The fourth-order valence-corrected chi connectivity index (χ4v) is 1.11. The number of aliphatic hydroxyl groups excluding tert-OH is 1. The van der Waals surface area contributed by atoms with Gasteiger partial charge in [-0.1, -0.05) is 28.1 Å². The van der Waals surface area contributed by atoms with Crippen molar-refractivity contribution in [2.75, 3.05) is 0 Å². The molecular formula is C8H8BrO. The van der Waals surface area contributed by atoms with Crippen molar-refractivity contribution in [1.82, 2.24) is 0 Å². The van der Waals surface area contributed by atoms with Gasteiger partial charge in [-0.25, -0.2) is 0 Å². The smallest absolute Gasteiger partial charge is 0.119 e. The van der Waals surface area contributed by atoms with Gasteiger partial charge in [-0.2, -0.15) is 0 Å². The summed E-state index contributed by atoms with van der Waals surface area (Å²) in [7, 11) is 0. The third-order valence-corrected chi connectivity index (χ3v) is 1.74. The molecule has 53 valence electrons. The van der Waals surface area contributed by atoms with Gasteiger partial charge in [-0.3, -0.25) is 0 Å². The quantitative estimate of drug-likeness (QED) is 0.738. The third-order valence-electron chi connectivity index (χ3n) is 1.24. The molecule has 1 N–H and O–H groups in total. The van der Waals surface area contributed by atoms with Crippen LogP contribution in [0.4, 0.5) is 0 Å². The summed E-state index contributed by atoms with van der Waals surface area (Å²) in [4.78, 5) is 0. The Morgan fingerprint density at radius 1 is 1.50 bits per heavy atom. The van der Waals surface area contributed by atoms with Crippen LogP contribution in [-0.2, 0) is 0 Å². The van der Waals surface area contributed by atoms with Crippen LogP contribution in [0.5, 0.6) is 0 Å². The second kappa shape index (κ2) is 3.17. The van der Waals surface area contributed by atoms with Gasteiger partial charge in [0.25, 0.3) is 0 Å². The molecule has 0 aliphatic rings. The second-order valence-electron chi connectivity index (χ2n) is 2.10. The lowest BCUT2D eigenvalue weighted by Gasteiger charge is -2.01. The molecule has 0 bridgehead atoms. The Balaban J connectivity index is 2.96. The van der Waals surface area contributed by atoms with Gasteiger partial charge < -0.3 is 5.11 Å². The zero-order chi connectivity index (χ0) is 7.56. The molecule has 0 saturated carbocycles. The minimum Gasteiger partial charge on any atom is -0.382 e. The van der Waals surface area contributed by atoms with Crippen LogP contribution in [0, 0.1) is 6.10 Å². The number of benzene rings is 1. The Hall–Kier alpha value is -0.340.